The van der Waals surface area contributed by atoms with Crippen molar-refractivity contribution in [2.45, 2.75) is 0 Å². The number of aromatic nitrogens is 4. The Hall–Kier alpha value is -7.63. The molecule has 0 bridgehead atoms. The molecule has 0 atom stereocenters. The molecule has 8 aromatic carbocycles. The number of hydrogen-bond acceptors (Lipinski definition) is 4. The van der Waals surface area contributed by atoms with E-state index in [1.54, 1.807) is 0 Å². The van der Waals surface area contributed by atoms with Crippen LogP contribution in [0.4, 0.5) is 0 Å². The lowest BCUT2D eigenvalue weighted by Gasteiger charge is -2.14. The van der Waals surface area contributed by atoms with Crippen molar-refractivity contribution in [3.63, 3.8) is 0 Å². The molecule has 0 saturated carbocycles. The first-order valence-electron chi connectivity index (χ1n) is 18.8. The number of fused-ring (bicyclic) bond motifs is 6. The van der Waals surface area contributed by atoms with E-state index in [-0.39, 0.29) is 0 Å². The second kappa shape index (κ2) is 13.0. The van der Waals surface area contributed by atoms with E-state index >= 15 is 0 Å². The molecule has 262 valence electrons. The summed E-state index contributed by atoms with van der Waals surface area (Å²) in [5.74, 6) is 1.83. The molecule has 56 heavy (non-hydrogen) atoms. The van der Waals surface area contributed by atoms with Gasteiger partial charge in [-0.2, -0.15) is 0 Å². The van der Waals surface area contributed by atoms with E-state index in [0.29, 0.717) is 17.5 Å². The first-order chi connectivity index (χ1) is 27.8. The number of rotatable bonds is 6. The van der Waals surface area contributed by atoms with E-state index in [9.17, 15) is 0 Å². The van der Waals surface area contributed by atoms with Crippen molar-refractivity contribution in [2.24, 2.45) is 0 Å². The number of benzene rings is 8. The standard InChI is InChI=1S/C51H32N4O/c1-4-15-33(16-5-1)34-27-29-37(30-28-34)50-52-49(36-19-8-3-9-20-36)53-51(54-50)40-22-11-13-25-44(40)55-43-24-12-10-21-39(43)41-31-42-47(32-45(41)55)56-46-26-14-23-38(48(42)46)35-17-6-2-7-18-35/h1-32H. The Balaban J connectivity index is 1.13. The van der Waals surface area contributed by atoms with Crippen LogP contribution in [0.15, 0.2) is 199 Å². The molecule has 0 aliphatic rings. The smallest absolute Gasteiger partial charge is 0.166 e. The van der Waals surface area contributed by atoms with Crippen molar-refractivity contribution in [3.05, 3.63) is 194 Å². The highest BCUT2D eigenvalue weighted by atomic mass is 16.3. The number of nitrogens with zero attached hydrogens (tertiary/aromatic N) is 4. The predicted octanol–water partition coefficient (Wildman–Crippen LogP) is 13.2. The zero-order chi connectivity index (χ0) is 37.0. The van der Waals surface area contributed by atoms with Crippen LogP contribution in [0.2, 0.25) is 0 Å². The molecule has 0 unspecified atom stereocenters. The topological polar surface area (TPSA) is 56.7 Å². The summed E-state index contributed by atoms with van der Waals surface area (Å²) in [7, 11) is 0. The van der Waals surface area contributed by atoms with Crippen molar-refractivity contribution in [1.29, 1.82) is 0 Å². The van der Waals surface area contributed by atoms with Gasteiger partial charge >= 0.3 is 0 Å². The minimum atomic E-state index is 0.597. The lowest BCUT2D eigenvalue weighted by Crippen LogP contribution is -2.03. The molecule has 11 aromatic rings. The Morgan fingerprint density at radius 1 is 0.339 bits per heavy atom. The van der Waals surface area contributed by atoms with Gasteiger partial charge in [0, 0.05) is 44.3 Å². The number of furan rings is 1. The monoisotopic (exact) mass is 716 g/mol. The molecule has 0 saturated heterocycles. The van der Waals surface area contributed by atoms with Crippen molar-refractivity contribution in [3.8, 4) is 62.1 Å². The summed E-state index contributed by atoms with van der Waals surface area (Å²) in [5, 5.41) is 4.52. The Morgan fingerprint density at radius 3 is 1.64 bits per heavy atom. The van der Waals surface area contributed by atoms with Gasteiger partial charge in [-0.1, -0.05) is 158 Å². The van der Waals surface area contributed by atoms with Crippen LogP contribution in [0.1, 0.15) is 0 Å². The third kappa shape index (κ3) is 5.29. The van der Waals surface area contributed by atoms with E-state index in [2.05, 4.69) is 162 Å². The van der Waals surface area contributed by atoms with Crippen LogP contribution < -0.4 is 0 Å². The molecule has 0 aliphatic heterocycles. The third-order valence-electron chi connectivity index (χ3n) is 10.7. The normalized spacial score (nSPS) is 11.6. The van der Waals surface area contributed by atoms with Crippen LogP contribution in [0.25, 0.3) is 106 Å². The molecule has 0 radical (unpaired) electrons. The van der Waals surface area contributed by atoms with E-state index < -0.39 is 0 Å². The van der Waals surface area contributed by atoms with Gasteiger partial charge in [0.1, 0.15) is 11.2 Å². The fourth-order valence-corrected chi connectivity index (χ4v) is 8.05. The van der Waals surface area contributed by atoms with Crippen molar-refractivity contribution in [2.75, 3.05) is 0 Å². The first-order valence-corrected chi connectivity index (χ1v) is 18.8. The van der Waals surface area contributed by atoms with Gasteiger partial charge in [0.05, 0.1) is 16.7 Å². The molecule has 0 spiro atoms. The van der Waals surface area contributed by atoms with Crippen LogP contribution in [-0.2, 0) is 0 Å². The molecule has 11 rings (SSSR count). The van der Waals surface area contributed by atoms with Crippen LogP contribution in [0.5, 0.6) is 0 Å². The van der Waals surface area contributed by atoms with Crippen molar-refractivity contribution >= 4 is 43.7 Å². The summed E-state index contributed by atoms with van der Waals surface area (Å²) in [5.41, 5.74) is 12.2. The second-order valence-corrected chi connectivity index (χ2v) is 14.0. The maximum Gasteiger partial charge on any atom is 0.166 e. The largest absolute Gasteiger partial charge is 0.456 e. The van der Waals surface area contributed by atoms with Crippen LogP contribution in [0.3, 0.4) is 0 Å². The molecule has 0 amide bonds. The SMILES string of the molecule is c1ccc(-c2ccc(-c3nc(-c4ccccc4)nc(-c4ccccc4-n4c5ccccc5c5cc6c(cc54)oc4cccc(-c5ccccc5)c46)n3)cc2)cc1. The Labute approximate surface area is 322 Å². The van der Waals surface area contributed by atoms with Gasteiger partial charge in [-0.25, -0.2) is 15.0 Å². The summed E-state index contributed by atoms with van der Waals surface area (Å²) in [4.78, 5) is 15.4. The maximum absolute atomic E-state index is 6.64. The summed E-state index contributed by atoms with van der Waals surface area (Å²) >= 11 is 0. The van der Waals surface area contributed by atoms with Gasteiger partial charge in [0.15, 0.2) is 17.5 Å². The molecular weight excluding hydrogens is 685 g/mol. The quantitative estimate of drug-likeness (QED) is 0.172. The highest BCUT2D eigenvalue weighted by Crippen LogP contribution is 2.42. The van der Waals surface area contributed by atoms with Crippen molar-refractivity contribution in [1.82, 2.24) is 19.5 Å². The van der Waals surface area contributed by atoms with Gasteiger partial charge in [0.2, 0.25) is 0 Å². The highest BCUT2D eigenvalue weighted by Gasteiger charge is 2.21. The Bertz CT molecular complexity index is 3220. The summed E-state index contributed by atoms with van der Waals surface area (Å²) < 4.78 is 8.97. The second-order valence-electron chi connectivity index (χ2n) is 14.0. The van der Waals surface area contributed by atoms with E-state index in [1.807, 2.05) is 36.4 Å². The first kappa shape index (κ1) is 31.9. The molecule has 0 N–H and O–H groups in total. The molecule has 3 heterocycles. The zero-order valence-electron chi connectivity index (χ0n) is 30.2. The van der Waals surface area contributed by atoms with Gasteiger partial charge in [0.25, 0.3) is 0 Å². The zero-order valence-corrected chi connectivity index (χ0v) is 30.2. The minimum Gasteiger partial charge on any atom is -0.456 e. The lowest BCUT2D eigenvalue weighted by atomic mass is 9.99. The molecule has 0 aliphatic carbocycles. The van der Waals surface area contributed by atoms with E-state index in [4.69, 9.17) is 19.4 Å². The molecule has 5 nitrogen and oxygen atoms in total. The van der Waals surface area contributed by atoms with Gasteiger partial charge < -0.3 is 8.98 Å². The van der Waals surface area contributed by atoms with Crippen molar-refractivity contribution < 1.29 is 4.42 Å². The predicted molar refractivity (Wildman–Crippen MR) is 229 cm³/mol. The maximum atomic E-state index is 6.64. The van der Waals surface area contributed by atoms with E-state index in [0.717, 1.165) is 88.4 Å². The average molecular weight is 717 g/mol. The van der Waals surface area contributed by atoms with Gasteiger partial charge in [-0.05, 0) is 52.6 Å². The summed E-state index contributed by atoms with van der Waals surface area (Å²) in [6.45, 7) is 0. The molecule has 3 aromatic heterocycles. The number of hydrogen-bond donors (Lipinski definition) is 0. The van der Waals surface area contributed by atoms with Gasteiger partial charge in [-0.3, -0.25) is 0 Å². The molecule has 0 fully saturated rings. The van der Waals surface area contributed by atoms with Gasteiger partial charge in [-0.15, -0.1) is 0 Å². The molecular formula is C51H32N4O. The molecule has 5 heteroatoms. The number of para-hydroxylation sites is 2. The Kier molecular flexibility index (Phi) is 7.42. The Morgan fingerprint density at radius 2 is 0.893 bits per heavy atom. The van der Waals surface area contributed by atoms with Crippen LogP contribution in [-0.4, -0.2) is 19.5 Å². The fourth-order valence-electron chi connectivity index (χ4n) is 8.05. The highest BCUT2D eigenvalue weighted by molar-refractivity contribution is 6.20. The fraction of sp³-hybridized carbons (Fsp3) is 0. The van der Waals surface area contributed by atoms with Crippen LogP contribution in [0, 0.1) is 0 Å². The summed E-state index contributed by atoms with van der Waals surface area (Å²) in [6, 6.07) is 67.3. The minimum absolute atomic E-state index is 0.597. The third-order valence-corrected chi connectivity index (χ3v) is 10.7. The average Bonchev–Trinajstić information content (AvgIpc) is 3.81. The summed E-state index contributed by atoms with van der Waals surface area (Å²) in [6.07, 6.45) is 0. The lowest BCUT2D eigenvalue weighted by molar-refractivity contribution is 0.669. The van der Waals surface area contributed by atoms with Crippen LogP contribution >= 0.6 is 0 Å². The van der Waals surface area contributed by atoms with E-state index in [1.165, 1.54) is 0 Å².